The molecule has 2 nitrogen and oxygen atoms in total. The molecule has 0 amide bonds. The summed E-state index contributed by atoms with van der Waals surface area (Å²) in [6.07, 6.45) is 0. The van der Waals surface area contributed by atoms with Crippen molar-refractivity contribution in [1.29, 1.82) is 0 Å². The topological polar surface area (TPSA) is 21.3 Å². The normalized spacial score (nSPS) is 10.6. The SMILES string of the molecule is Cc1ccccc1CNC(=S)c1cc(Cl)ccc1OCc1c(F)cccc1Cl. The fraction of sp³-hybridized carbons (Fsp3) is 0.136. The summed E-state index contributed by atoms with van der Waals surface area (Å²) in [6, 6.07) is 17.7. The van der Waals surface area contributed by atoms with Gasteiger partial charge in [0.2, 0.25) is 0 Å². The summed E-state index contributed by atoms with van der Waals surface area (Å²) in [5.74, 6) is 0.0919. The fourth-order valence-electron chi connectivity index (χ4n) is 2.70. The number of hydrogen-bond donors (Lipinski definition) is 1. The van der Waals surface area contributed by atoms with Gasteiger partial charge >= 0.3 is 0 Å². The lowest BCUT2D eigenvalue weighted by Gasteiger charge is -2.15. The first-order chi connectivity index (χ1) is 13.5. The number of halogens is 3. The third-order valence-corrected chi connectivity index (χ3v) is 5.27. The lowest BCUT2D eigenvalue weighted by atomic mass is 10.1. The van der Waals surface area contributed by atoms with Gasteiger partial charge in [0.05, 0.1) is 10.6 Å². The molecule has 144 valence electrons. The predicted molar refractivity (Wildman–Crippen MR) is 117 cm³/mol. The van der Waals surface area contributed by atoms with Crippen molar-refractivity contribution in [3.05, 3.63) is 98.8 Å². The van der Waals surface area contributed by atoms with Crippen LogP contribution in [0.4, 0.5) is 4.39 Å². The zero-order chi connectivity index (χ0) is 20.1. The van der Waals surface area contributed by atoms with E-state index in [2.05, 4.69) is 5.32 Å². The van der Waals surface area contributed by atoms with Gasteiger partial charge in [-0.25, -0.2) is 4.39 Å². The van der Waals surface area contributed by atoms with Crippen molar-refractivity contribution in [2.45, 2.75) is 20.1 Å². The maximum atomic E-state index is 14.0. The smallest absolute Gasteiger partial charge is 0.131 e. The minimum absolute atomic E-state index is 0.0133. The van der Waals surface area contributed by atoms with E-state index >= 15 is 0 Å². The monoisotopic (exact) mass is 433 g/mol. The van der Waals surface area contributed by atoms with E-state index in [1.165, 1.54) is 11.6 Å². The van der Waals surface area contributed by atoms with Gasteiger partial charge in [0.15, 0.2) is 0 Å². The van der Waals surface area contributed by atoms with Crippen LogP contribution in [0.5, 0.6) is 5.75 Å². The third kappa shape index (κ3) is 5.02. The highest BCUT2D eigenvalue weighted by Gasteiger charge is 2.13. The molecule has 0 bridgehead atoms. The molecule has 6 heteroatoms. The van der Waals surface area contributed by atoms with E-state index < -0.39 is 5.82 Å². The molecule has 0 spiro atoms. The highest BCUT2D eigenvalue weighted by Crippen LogP contribution is 2.26. The summed E-state index contributed by atoms with van der Waals surface area (Å²) >= 11 is 17.8. The van der Waals surface area contributed by atoms with Crippen molar-refractivity contribution in [3.63, 3.8) is 0 Å². The number of thiocarbonyl (C=S) groups is 1. The van der Waals surface area contributed by atoms with Gasteiger partial charge in [-0.15, -0.1) is 0 Å². The van der Waals surface area contributed by atoms with Crippen molar-refractivity contribution in [2.24, 2.45) is 0 Å². The first-order valence-electron chi connectivity index (χ1n) is 8.63. The summed E-state index contributed by atoms with van der Waals surface area (Å²) in [5, 5.41) is 4.09. The Bertz CT molecular complexity index is 989. The second kappa shape index (κ2) is 9.37. The van der Waals surface area contributed by atoms with Gasteiger partial charge in [-0.3, -0.25) is 0 Å². The number of ether oxygens (including phenoxy) is 1. The zero-order valence-electron chi connectivity index (χ0n) is 15.1. The molecule has 0 atom stereocenters. The van der Waals surface area contributed by atoms with Gasteiger partial charge in [-0.2, -0.15) is 0 Å². The second-order valence-corrected chi connectivity index (χ2v) is 7.49. The molecule has 0 aliphatic heterocycles. The van der Waals surface area contributed by atoms with Crippen LogP contribution in [-0.4, -0.2) is 4.99 Å². The molecule has 0 radical (unpaired) electrons. The van der Waals surface area contributed by atoms with E-state index in [1.54, 1.807) is 30.3 Å². The van der Waals surface area contributed by atoms with Crippen LogP contribution in [0, 0.1) is 12.7 Å². The van der Waals surface area contributed by atoms with Crippen molar-refractivity contribution >= 4 is 40.4 Å². The molecule has 3 rings (SSSR count). The maximum absolute atomic E-state index is 14.0. The van der Waals surface area contributed by atoms with Crippen LogP contribution < -0.4 is 10.1 Å². The summed E-state index contributed by atoms with van der Waals surface area (Å²) in [7, 11) is 0. The molecule has 28 heavy (non-hydrogen) atoms. The molecule has 0 saturated carbocycles. The van der Waals surface area contributed by atoms with E-state index in [4.69, 9.17) is 40.2 Å². The highest BCUT2D eigenvalue weighted by molar-refractivity contribution is 7.80. The van der Waals surface area contributed by atoms with Crippen LogP contribution in [-0.2, 0) is 13.2 Å². The van der Waals surface area contributed by atoms with Crippen molar-refractivity contribution in [2.75, 3.05) is 0 Å². The van der Waals surface area contributed by atoms with Crippen LogP contribution in [0.3, 0.4) is 0 Å². The molecular weight excluding hydrogens is 416 g/mol. The third-order valence-electron chi connectivity index (χ3n) is 4.32. The first kappa shape index (κ1) is 20.6. The number of rotatable bonds is 6. The maximum Gasteiger partial charge on any atom is 0.131 e. The van der Waals surface area contributed by atoms with Crippen molar-refractivity contribution in [1.82, 2.24) is 5.32 Å². The highest BCUT2D eigenvalue weighted by atomic mass is 35.5. The number of benzene rings is 3. The van der Waals surface area contributed by atoms with Gasteiger partial charge in [0.25, 0.3) is 0 Å². The summed E-state index contributed by atoms with van der Waals surface area (Å²) in [4.78, 5) is 0.500. The Kier molecular flexibility index (Phi) is 6.89. The molecule has 0 unspecified atom stereocenters. The van der Waals surface area contributed by atoms with Crippen molar-refractivity contribution in [3.8, 4) is 5.75 Å². The van der Waals surface area contributed by atoms with E-state index in [-0.39, 0.29) is 6.61 Å². The minimum Gasteiger partial charge on any atom is -0.488 e. The lowest BCUT2D eigenvalue weighted by molar-refractivity contribution is 0.299. The molecule has 0 fully saturated rings. The lowest BCUT2D eigenvalue weighted by Crippen LogP contribution is -2.23. The van der Waals surface area contributed by atoms with Gasteiger partial charge < -0.3 is 10.1 Å². The average molecular weight is 434 g/mol. The Balaban J connectivity index is 1.76. The quantitative estimate of drug-likeness (QED) is 0.449. The number of nitrogens with one attached hydrogen (secondary N) is 1. The fourth-order valence-corrected chi connectivity index (χ4v) is 3.33. The second-order valence-electron chi connectivity index (χ2n) is 6.24. The van der Waals surface area contributed by atoms with Gasteiger partial charge in [-0.1, -0.05) is 65.8 Å². The van der Waals surface area contributed by atoms with Crippen LogP contribution in [0.25, 0.3) is 0 Å². The van der Waals surface area contributed by atoms with E-state index in [1.807, 2.05) is 31.2 Å². The van der Waals surface area contributed by atoms with E-state index in [0.717, 1.165) is 5.56 Å². The molecule has 0 heterocycles. The summed E-state index contributed by atoms with van der Waals surface area (Å²) in [5.41, 5.74) is 3.26. The first-order valence-corrected chi connectivity index (χ1v) is 9.80. The molecule has 0 aliphatic carbocycles. The number of hydrogen-bond acceptors (Lipinski definition) is 2. The average Bonchev–Trinajstić information content (AvgIpc) is 2.67. The predicted octanol–water partition coefficient (Wildman–Crippen LogP) is 6.49. The van der Waals surface area contributed by atoms with Gasteiger partial charge in [0, 0.05) is 17.1 Å². The largest absolute Gasteiger partial charge is 0.488 e. The standard InChI is InChI=1S/C22H18Cl2FNOS/c1-14-5-2-3-6-15(14)12-26-22(28)17-11-16(23)9-10-21(17)27-13-18-19(24)7-4-8-20(18)25/h2-11H,12-13H2,1H3,(H,26,28). The van der Waals surface area contributed by atoms with Gasteiger partial charge in [0.1, 0.15) is 23.2 Å². The van der Waals surface area contributed by atoms with Crippen LogP contribution in [0.2, 0.25) is 10.0 Å². The Hall–Kier alpha value is -2.14. The summed E-state index contributed by atoms with van der Waals surface area (Å²) in [6.45, 7) is 2.61. The Morgan fingerprint density at radius 3 is 2.61 bits per heavy atom. The summed E-state index contributed by atoms with van der Waals surface area (Å²) < 4.78 is 19.8. The molecule has 3 aromatic rings. The van der Waals surface area contributed by atoms with Crippen LogP contribution in [0.15, 0.2) is 60.7 Å². The van der Waals surface area contributed by atoms with Crippen molar-refractivity contribution < 1.29 is 9.13 Å². The van der Waals surface area contributed by atoms with E-state index in [0.29, 0.717) is 38.5 Å². The zero-order valence-corrected chi connectivity index (χ0v) is 17.5. The molecule has 0 aromatic heterocycles. The van der Waals surface area contributed by atoms with E-state index in [9.17, 15) is 4.39 Å². The molecule has 1 N–H and O–H groups in total. The number of aryl methyl sites for hydroxylation is 1. The molecule has 0 aliphatic rings. The minimum atomic E-state index is -0.414. The Morgan fingerprint density at radius 1 is 1.07 bits per heavy atom. The molecular formula is C22H18Cl2FNOS. The molecule has 3 aromatic carbocycles. The van der Waals surface area contributed by atoms with Crippen LogP contribution in [0.1, 0.15) is 22.3 Å². The van der Waals surface area contributed by atoms with Gasteiger partial charge in [-0.05, 0) is 48.4 Å². The van der Waals surface area contributed by atoms with Crippen LogP contribution >= 0.6 is 35.4 Å². The molecule has 0 saturated heterocycles. The Morgan fingerprint density at radius 2 is 1.86 bits per heavy atom. The Labute approximate surface area is 179 Å².